The van der Waals surface area contributed by atoms with Gasteiger partial charge in [0.05, 0.1) is 6.54 Å². The van der Waals surface area contributed by atoms with E-state index in [4.69, 9.17) is 4.99 Å². The van der Waals surface area contributed by atoms with E-state index in [1.54, 1.807) is 7.05 Å². The lowest BCUT2D eigenvalue weighted by Gasteiger charge is -2.34. The summed E-state index contributed by atoms with van der Waals surface area (Å²) >= 11 is 0. The predicted octanol–water partition coefficient (Wildman–Crippen LogP) is 2.49. The van der Waals surface area contributed by atoms with Crippen LogP contribution in [0.4, 0.5) is 0 Å². The van der Waals surface area contributed by atoms with Gasteiger partial charge in [-0.3, -0.25) is 4.79 Å². The number of aryl methyl sites for hydroxylation is 2. The summed E-state index contributed by atoms with van der Waals surface area (Å²) in [5, 5.41) is 6.17. The molecule has 0 spiro atoms. The van der Waals surface area contributed by atoms with Gasteiger partial charge in [-0.25, -0.2) is 4.99 Å². The predicted molar refractivity (Wildman–Crippen MR) is 106 cm³/mol. The van der Waals surface area contributed by atoms with Gasteiger partial charge in [-0.2, -0.15) is 0 Å². The van der Waals surface area contributed by atoms with E-state index in [1.165, 1.54) is 36.0 Å². The highest BCUT2D eigenvalue weighted by molar-refractivity contribution is 5.80. The minimum absolute atomic E-state index is 0.153. The number of amides is 1. The summed E-state index contributed by atoms with van der Waals surface area (Å²) in [6.45, 7) is 5.66. The second-order valence-electron chi connectivity index (χ2n) is 7.43. The summed E-state index contributed by atoms with van der Waals surface area (Å²) in [5.41, 5.74) is 4.33. The topological polar surface area (TPSA) is 56.7 Å². The third kappa shape index (κ3) is 4.77. The van der Waals surface area contributed by atoms with Crippen molar-refractivity contribution in [3.8, 4) is 0 Å². The number of nitrogens with one attached hydrogen (secondary N) is 2. The van der Waals surface area contributed by atoms with Gasteiger partial charge in [0.15, 0.2) is 5.96 Å². The zero-order valence-electron chi connectivity index (χ0n) is 16.2. The normalized spacial score (nSPS) is 17.9. The maximum Gasteiger partial charge on any atom is 0.220 e. The molecule has 0 bridgehead atoms. The fourth-order valence-corrected chi connectivity index (χ4v) is 4.03. The molecular weight excluding hydrogens is 324 g/mol. The van der Waals surface area contributed by atoms with Gasteiger partial charge >= 0.3 is 0 Å². The molecule has 1 saturated heterocycles. The molecule has 2 N–H and O–H groups in total. The number of piperidine rings is 1. The number of benzene rings is 1. The molecule has 3 rings (SSSR count). The highest BCUT2D eigenvalue weighted by Gasteiger charge is 2.23. The number of guanidine groups is 1. The van der Waals surface area contributed by atoms with Crippen molar-refractivity contribution < 1.29 is 4.79 Å². The number of carbonyl (C=O) groups excluding carboxylic acids is 1. The van der Waals surface area contributed by atoms with Crippen LogP contribution >= 0.6 is 0 Å². The lowest BCUT2D eigenvalue weighted by molar-refractivity contribution is -0.121. The first-order chi connectivity index (χ1) is 12.7. The summed E-state index contributed by atoms with van der Waals surface area (Å²) in [4.78, 5) is 18.8. The molecule has 1 aromatic rings. The van der Waals surface area contributed by atoms with Crippen LogP contribution in [-0.2, 0) is 24.2 Å². The van der Waals surface area contributed by atoms with Crippen LogP contribution in [0.3, 0.4) is 0 Å². The molecule has 0 unspecified atom stereocenters. The van der Waals surface area contributed by atoms with Crippen molar-refractivity contribution in [2.45, 2.75) is 52.0 Å². The van der Waals surface area contributed by atoms with Crippen molar-refractivity contribution >= 4 is 11.9 Å². The first-order valence-corrected chi connectivity index (χ1v) is 10.0. The van der Waals surface area contributed by atoms with Crippen molar-refractivity contribution in [1.29, 1.82) is 0 Å². The number of rotatable bonds is 5. The van der Waals surface area contributed by atoms with Crippen LogP contribution in [0.2, 0.25) is 0 Å². The third-order valence-corrected chi connectivity index (χ3v) is 5.58. The number of hydrogen-bond donors (Lipinski definition) is 2. The zero-order valence-corrected chi connectivity index (χ0v) is 16.2. The summed E-state index contributed by atoms with van der Waals surface area (Å²) in [6, 6.07) is 6.85. The number of fused-ring (bicyclic) bond motifs is 1. The van der Waals surface area contributed by atoms with Crippen molar-refractivity contribution in [2.75, 3.05) is 26.7 Å². The average Bonchev–Trinajstić information content (AvgIpc) is 3.13. The SMILES string of the molecule is CCNC(=NCc1ccc2c(c1)CCC2)N1CCC(CC(=O)NC)CC1. The molecule has 1 aromatic carbocycles. The van der Waals surface area contributed by atoms with Crippen LogP contribution in [-0.4, -0.2) is 43.4 Å². The molecule has 1 aliphatic heterocycles. The molecular formula is C21H32N4O. The summed E-state index contributed by atoms with van der Waals surface area (Å²) < 4.78 is 0. The van der Waals surface area contributed by atoms with E-state index in [-0.39, 0.29) is 5.91 Å². The van der Waals surface area contributed by atoms with Gasteiger partial charge in [0, 0.05) is 33.1 Å². The molecule has 1 fully saturated rings. The molecule has 1 heterocycles. The van der Waals surface area contributed by atoms with Gasteiger partial charge in [-0.15, -0.1) is 0 Å². The minimum Gasteiger partial charge on any atom is -0.359 e. The van der Waals surface area contributed by atoms with E-state index in [9.17, 15) is 4.79 Å². The Hall–Kier alpha value is -2.04. The van der Waals surface area contributed by atoms with Crippen LogP contribution in [0.15, 0.2) is 23.2 Å². The molecule has 5 heteroatoms. The largest absolute Gasteiger partial charge is 0.359 e. The molecule has 1 aliphatic carbocycles. The maximum atomic E-state index is 11.6. The standard InChI is InChI=1S/C21H32N4O/c1-3-23-21(25-11-9-16(10-12-25)14-20(26)22-2)24-15-17-7-8-18-5-4-6-19(18)13-17/h7-8,13,16H,3-6,9-12,14-15H2,1-2H3,(H,22,26)(H,23,24). The molecule has 0 radical (unpaired) electrons. The number of nitrogens with zero attached hydrogens (tertiary/aromatic N) is 2. The van der Waals surface area contributed by atoms with Crippen LogP contribution in [0, 0.1) is 5.92 Å². The number of carbonyl (C=O) groups is 1. The zero-order chi connectivity index (χ0) is 18.4. The first-order valence-electron chi connectivity index (χ1n) is 10.0. The van der Waals surface area contributed by atoms with Crippen molar-refractivity contribution in [3.05, 3.63) is 34.9 Å². The second-order valence-corrected chi connectivity index (χ2v) is 7.43. The Labute approximate surface area is 157 Å². The van der Waals surface area contributed by atoms with E-state index >= 15 is 0 Å². The Morgan fingerprint density at radius 1 is 1.23 bits per heavy atom. The maximum absolute atomic E-state index is 11.6. The second kappa shape index (κ2) is 9.06. The van der Waals surface area contributed by atoms with Crippen LogP contribution in [0.1, 0.15) is 49.3 Å². The Balaban J connectivity index is 1.58. The summed E-state index contributed by atoms with van der Waals surface area (Å²) in [7, 11) is 1.71. The van der Waals surface area contributed by atoms with E-state index in [0.29, 0.717) is 12.3 Å². The minimum atomic E-state index is 0.153. The quantitative estimate of drug-likeness (QED) is 0.629. The van der Waals surface area contributed by atoms with Gasteiger partial charge < -0.3 is 15.5 Å². The summed E-state index contributed by atoms with van der Waals surface area (Å²) in [6.07, 6.45) is 6.48. The van der Waals surface area contributed by atoms with Gasteiger partial charge in [0.1, 0.15) is 0 Å². The van der Waals surface area contributed by atoms with Gasteiger partial charge in [-0.05, 0) is 61.6 Å². The first kappa shape index (κ1) is 18.7. The number of likely N-dealkylation sites (tertiary alicyclic amines) is 1. The van der Waals surface area contributed by atoms with Crippen molar-refractivity contribution in [1.82, 2.24) is 15.5 Å². The number of hydrogen-bond acceptors (Lipinski definition) is 2. The molecule has 5 nitrogen and oxygen atoms in total. The average molecular weight is 357 g/mol. The highest BCUT2D eigenvalue weighted by atomic mass is 16.1. The van der Waals surface area contributed by atoms with Crippen LogP contribution in [0.5, 0.6) is 0 Å². The Bertz CT molecular complexity index is 647. The van der Waals surface area contributed by atoms with Gasteiger partial charge in [0.25, 0.3) is 0 Å². The van der Waals surface area contributed by atoms with Crippen LogP contribution < -0.4 is 10.6 Å². The molecule has 2 aliphatic rings. The molecule has 0 atom stereocenters. The monoisotopic (exact) mass is 356 g/mol. The molecule has 0 saturated carbocycles. The van der Waals surface area contributed by atoms with E-state index in [2.05, 4.69) is 40.7 Å². The van der Waals surface area contributed by atoms with Crippen molar-refractivity contribution in [3.63, 3.8) is 0 Å². The Morgan fingerprint density at radius 2 is 2.00 bits per heavy atom. The molecule has 0 aromatic heterocycles. The third-order valence-electron chi connectivity index (χ3n) is 5.58. The summed E-state index contributed by atoms with van der Waals surface area (Å²) in [5.74, 6) is 1.65. The Morgan fingerprint density at radius 3 is 2.73 bits per heavy atom. The smallest absolute Gasteiger partial charge is 0.220 e. The lowest BCUT2D eigenvalue weighted by atomic mass is 9.93. The molecule has 1 amide bonds. The van der Waals surface area contributed by atoms with Gasteiger partial charge in [0.2, 0.25) is 5.91 Å². The lowest BCUT2D eigenvalue weighted by Crippen LogP contribution is -2.46. The van der Waals surface area contributed by atoms with E-state index in [1.807, 2.05) is 0 Å². The molecule has 142 valence electrons. The van der Waals surface area contributed by atoms with E-state index < -0.39 is 0 Å². The fourth-order valence-electron chi connectivity index (χ4n) is 4.03. The Kier molecular flexibility index (Phi) is 6.53. The number of aliphatic imine (C=N–C) groups is 1. The van der Waals surface area contributed by atoms with Crippen LogP contribution in [0.25, 0.3) is 0 Å². The fraction of sp³-hybridized carbons (Fsp3) is 0.619. The van der Waals surface area contributed by atoms with E-state index in [0.717, 1.165) is 45.0 Å². The van der Waals surface area contributed by atoms with Gasteiger partial charge in [-0.1, -0.05) is 18.2 Å². The highest BCUT2D eigenvalue weighted by Crippen LogP contribution is 2.23. The molecule has 26 heavy (non-hydrogen) atoms. The van der Waals surface area contributed by atoms with Crippen molar-refractivity contribution in [2.24, 2.45) is 10.9 Å².